The smallest absolute Gasteiger partial charge is 0.252 e. The highest BCUT2D eigenvalue weighted by Gasteiger charge is 2.11. The van der Waals surface area contributed by atoms with Crippen molar-refractivity contribution in [3.63, 3.8) is 0 Å². The normalized spacial score (nSPS) is 11.9. The second kappa shape index (κ2) is 6.43. The third-order valence-electron chi connectivity index (χ3n) is 2.96. The summed E-state index contributed by atoms with van der Waals surface area (Å²) in [4.78, 5) is 10.8. The molecule has 0 fully saturated rings. The van der Waals surface area contributed by atoms with Gasteiger partial charge in [0.1, 0.15) is 5.69 Å². The van der Waals surface area contributed by atoms with E-state index in [0.717, 1.165) is 9.99 Å². The highest BCUT2D eigenvalue weighted by Crippen LogP contribution is 2.14. The average molecular weight is 391 g/mol. The molecular weight excluding hydrogens is 380 g/mol. The molecule has 3 aromatic rings. The van der Waals surface area contributed by atoms with E-state index in [1.807, 2.05) is 24.3 Å². The van der Waals surface area contributed by atoms with E-state index < -0.39 is 10.0 Å². The molecule has 0 amide bonds. The zero-order valence-electron chi connectivity index (χ0n) is 11.7. The first-order valence-corrected chi connectivity index (χ1v) is 8.84. The van der Waals surface area contributed by atoms with E-state index >= 15 is 0 Å². The van der Waals surface area contributed by atoms with E-state index in [0.29, 0.717) is 11.2 Å². The number of hydrogen-bond donors (Lipinski definition) is 1. The van der Waals surface area contributed by atoms with Crippen LogP contribution in [0.4, 0.5) is 0 Å². The fourth-order valence-electron chi connectivity index (χ4n) is 1.86. The van der Waals surface area contributed by atoms with Gasteiger partial charge in [-0.15, -0.1) is 0 Å². The molecule has 0 saturated heterocycles. The van der Waals surface area contributed by atoms with Crippen LogP contribution in [0.1, 0.15) is 5.69 Å². The number of nitrogens with one attached hydrogen (secondary N) is 1. The van der Waals surface area contributed by atoms with Crippen LogP contribution in [-0.4, -0.2) is 24.6 Å². The Morgan fingerprint density at radius 2 is 1.74 bits per heavy atom. The molecule has 0 aliphatic heterocycles. The zero-order valence-corrected chi connectivity index (χ0v) is 14.1. The van der Waals surface area contributed by atoms with Gasteiger partial charge in [0.25, 0.3) is 10.0 Å². The molecule has 1 N–H and O–H groups in total. The first-order chi connectivity index (χ1) is 11.0. The van der Waals surface area contributed by atoms with Crippen molar-refractivity contribution in [3.05, 3.63) is 64.9 Å². The van der Waals surface area contributed by atoms with Crippen molar-refractivity contribution in [1.29, 1.82) is 0 Å². The number of para-hydroxylation sites is 2. The molecule has 1 heterocycles. The van der Waals surface area contributed by atoms with Gasteiger partial charge in [-0.1, -0.05) is 28.1 Å². The second-order valence-electron chi connectivity index (χ2n) is 4.59. The first kappa shape index (κ1) is 15.6. The van der Waals surface area contributed by atoms with Crippen molar-refractivity contribution in [2.45, 2.75) is 4.90 Å². The summed E-state index contributed by atoms with van der Waals surface area (Å²) < 4.78 is 24.9. The van der Waals surface area contributed by atoms with E-state index in [1.54, 1.807) is 12.1 Å². The largest absolute Gasteiger partial charge is 0.276 e. The number of fused-ring (bicyclic) bond motifs is 1. The van der Waals surface area contributed by atoms with E-state index in [2.05, 4.69) is 35.8 Å². The van der Waals surface area contributed by atoms with Crippen LogP contribution in [0, 0.1) is 0 Å². The van der Waals surface area contributed by atoms with Crippen LogP contribution < -0.4 is 4.83 Å². The summed E-state index contributed by atoms with van der Waals surface area (Å²) in [5.41, 5.74) is 1.94. The van der Waals surface area contributed by atoms with Gasteiger partial charge < -0.3 is 0 Å². The number of halogens is 1. The maximum Gasteiger partial charge on any atom is 0.276 e. The van der Waals surface area contributed by atoms with Gasteiger partial charge in [0.05, 0.1) is 28.3 Å². The minimum absolute atomic E-state index is 0.127. The molecule has 0 spiro atoms. The molecular formula is C15H11BrN4O2S. The van der Waals surface area contributed by atoms with Crippen LogP contribution in [0.5, 0.6) is 0 Å². The summed E-state index contributed by atoms with van der Waals surface area (Å²) in [5.74, 6) is 0. The SMILES string of the molecule is O=S(=O)(N/N=C/c1cnc2ccccc2n1)c1ccc(Br)cc1. The van der Waals surface area contributed by atoms with Crippen molar-refractivity contribution < 1.29 is 8.42 Å². The topological polar surface area (TPSA) is 84.3 Å². The molecule has 2 aromatic carbocycles. The fourth-order valence-corrected chi connectivity index (χ4v) is 2.92. The van der Waals surface area contributed by atoms with E-state index in [-0.39, 0.29) is 4.90 Å². The summed E-state index contributed by atoms with van der Waals surface area (Å²) in [6.45, 7) is 0. The number of hydrogen-bond acceptors (Lipinski definition) is 5. The summed E-state index contributed by atoms with van der Waals surface area (Å²) in [7, 11) is -3.71. The number of hydrazone groups is 1. The summed E-state index contributed by atoms with van der Waals surface area (Å²) in [5, 5.41) is 3.74. The summed E-state index contributed by atoms with van der Waals surface area (Å²) >= 11 is 3.26. The molecule has 0 radical (unpaired) electrons. The Morgan fingerprint density at radius 3 is 2.48 bits per heavy atom. The molecule has 6 nitrogen and oxygen atoms in total. The summed E-state index contributed by atoms with van der Waals surface area (Å²) in [6, 6.07) is 13.7. The highest BCUT2D eigenvalue weighted by atomic mass is 79.9. The van der Waals surface area contributed by atoms with Gasteiger partial charge in [0, 0.05) is 4.47 Å². The average Bonchev–Trinajstić information content (AvgIpc) is 2.55. The summed E-state index contributed by atoms with van der Waals surface area (Å²) in [6.07, 6.45) is 2.84. The highest BCUT2D eigenvalue weighted by molar-refractivity contribution is 9.10. The van der Waals surface area contributed by atoms with E-state index in [1.165, 1.54) is 24.5 Å². The third-order valence-corrected chi connectivity index (χ3v) is 4.73. The predicted molar refractivity (Wildman–Crippen MR) is 91.6 cm³/mol. The number of rotatable bonds is 4. The van der Waals surface area contributed by atoms with Gasteiger partial charge in [0.2, 0.25) is 0 Å². The first-order valence-electron chi connectivity index (χ1n) is 6.57. The van der Waals surface area contributed by atoms with Gasteiger partial charge in [-0.05, 0) is 36.4 Å². The van der Waals surface area contributed by atoms with Crippen molar-refractivity contribution in [1.82, 2.24) is 14.8 Å². The van der Waals surface area contributed by atoms with Crippen LogP contribution in [-0.2, 0) is 10.0 Å². The molecule has 0 aliphatic rings. The Balaban J connectivity index is 1.78. The molecule has 3 rings (SSSR count). The molecule has 0 unspecified atom stereocenters. The van der Waals surface area contributed by atoms with Crippen LogP contribution in [0.3, 0.4) is 0 Å². The molecule has 0 bridgehead atoms. The number of benzene rings is 2. The maximum absolute atomic E-state index is 12.1. The van der Waals surface area contributed by atoms with Crippen LogP contribution in [0.15, 0.2) is 69.2 Å². The Morgan fingerprint density at radius 1 is 1.04 bits per heavy atom. The Hall–Kier alpha value is -2.32. The van der Waals surface area contributed by atoms with Crippen molar-refractivity contribution in [2.24, 2.45) is 5.10 Å². The van der Waals surface area contributed by atoms with Crippen LogP contribution in [0.2, 0.25) is 0 Å². The van der Waals surface area contributed by atoms with Gasteiger partial charge in [-0.25, -0.2) is 9.82 Å². The van der Waals surface area contributed by atoms with Crippen LogP contribution in [0.25, 0.3) is 11.0 Å². The standard InChI is InChI=1S/C15H11BrN4O2S/c16-11-5-7-13(8-6-11)23(21,22)20-18-10-12-9-17-14-3-1-2-4-15(14)19-12/h1-10,20H/b18-10+. The lowest BCUT2D eigenvalue weighted by Gasteiger charge is -2.03. The second-order valence-corrected chi connectivity index (χ2v) is 7.17. The lowest BCUT2D eigenvalue weighted by molar-refractivity contribution is 0.584. The molecule has 0 saturated carbocycles. The van der Waals surface area contributed by atoms with Gasteiger partial charge in [-0.2, -0.15) is 13.5 Å². The Labute approximate surface area is 141 Å². The molecule has 0 atom stereocenters. The number of sulfonamides is 1. The fraction of sp³-hybridized carbons (Fsp3) is 0. The molecule has 23 heavy (non-hydrogen) atoms. The molecule has 0 aliphatic carbocycles. The van der Waals surface area contributed by atoms with E-state index in [4.69, 9.17) is 0 Å². The third kappa shape index (κ3) is 3.72. The molecule has 1 aromatic heterocycles. The van der Waals surface area contributed by atoms with Gasteiger partial charge >= 0.3 is 0 Å². The quantitative estimate of drug-likeness (QED) is 0.548. The maximum atomic E-state index is 12.1. The van der Waals surface area contributed by atoms with Gasteiger partial charge in [0.15, 0.2) is 0 Å². The lowest BCUT2D eigenvalue weighted by atomic mass is 10.3. The monoisotopic (exact) mass is 390 g/mol. The number of aromatic nitrogens is 2. The van der Waals surface area contributed by atoms with Crippen LogP contribution >= 0.6 is 15.9 Å². The van der Waals surface area contributed by atoms with Gasteiger partial charge in [-0.3, -0.25) is 4.98 Å². The lowest BCUT2D eigenvalue weighted by Crippen LogP contribution is -2.18. The predicted octanol–water partition coefficient (Wildman–Crippen LogP) is 2.70. The Bertz CT molecular complexity index is 972. The minimum atomic E-state index is -3.71. The number of nitrogens with zero attached hydrogens (tertiary/aromatic N) is 3. The molecule has 8 heteroatoms. The minimum Gasteiger partial charge on any atom is -0.252 e. The van der Waals surface area contributed by atoms with E-state index in [9.17, 15) is 8.42 Å². The zero-order chi connectivity index (χ0) is 16.3. The Kier molecular flexibility index (Phi) is 4.35. The molecule has 116 valence electrons. The van der Waals surface area contributed by atoms with Crippen molar-refractivity contribution in [3.8, 4) is 0 Å². The van der Waals surface area contributed by atoms with Crippen molar-refractivity contribution >= 4 is 43.2 Å². The van der Waals surface area contributed by atoms with Crippen molar-refractivity contribution in [2.75, 3.05) is 0 Å².